The number of anilines is 1. The van der Waals surface area contributed by atoms with E-state index < -0.39 is 5.97 Å². The Morgan fingerprint density at radius 2 is 1.71 bits per heavy atom. The van der Waals surface area contributed by atoms with E-state index in [2.05, 4.69) is 69.5 Å². The third-order valence-electron chi connectivity index (χ3n) is 7.11. The van der Waals surface area contributed by atoms with Gasteiger partial charge in [-0.25, -0.2) is 4.68 Å². The lowest BCUT2D eigenvalue weighted by Gasteiger charge is -2.45. The molecule has 2 N–H and O–H groups in total. The minimum absolute atomic E-state index is 0.220. The number of carbonyl (C=O) groups is 1. The number of carboxylic acid groups (broad SMARTS) is 1. The third kappa shape index (κ3) is 5.68. The highest BCUT2D eigenvalue weighted by Crippen LogP contribution is 2.31. The van der Waals surface area contributed by atoms with Crippen LogP contribution in [0.4, 0.5) is 5.69 Å². The zero-order chi connectivity index (χ0) is 26.6. The number of phenolic OH excluding ortho intramolecular Hbond substituents is 1. The zero-order valence-electron chi connectivity index (χ0n) is 21.6. The number of carboxylic acids is 1. The fourth-order valence-electron chi connectivity index (χ4n) is 5.27. The molecule has 1 aromatic heterocycles. The van der Waals surface area contributed by atoms with Crippen LogP contribution < -0.4 is 4.90 Å². The molecule has 2 atom stereocenters. The van der Waals surface area contributed by atoms with Crippen molar-refractivity contribution in [3.05, 3.63) is 89.5 Å². The van der Waals surface area contributed by atoms with Gasteiger partial charge >= 0.3 is 5.97 Å². The first-order valence-corrected chi connectivity index (χ1v) is 12.8. The summed E-state index contributed by atoms with van der Waals surface area (Å²) in [5, 5.41) is 31.5. The average molecular weight is 513 g/mol. The molecular weight excluding hydrogens is 480 g/mol. The molecule has 0 radical (unpaired) electrons. The molecule has 0 unspecified atom stereocenters. The van der Waals surface area contributed by atoms with E-state index in [1.165, 1.54) is 10.2 Å². The van der Waals surface area contributed by atoms with Gasteiger partial charge in [0.1, 0.15) is 12.3 Å². The van der Waals surface area contributed by atoms with Crippen molar-refractivity contribution in [3.8, 4) is 17.1 Å². The van der Waals surface area contributed by atoms with Crippen LogP contribution in [0.1, 0.15) is 30.5 Å². The zero-order valence-corrected chi connectivity index (χ0v) is 21.6. The first-order chi connectivity index (χ1) is 18.4. The summed E-state index contributed by atoms with van der Waals surface area (Å²) >= 11 is 0. The number of aliphatic carboxylic acids is 1. The quantitative estimate of drug-likeness (QED) is 0.367. The minimum Gasteiger partial charge on any atom is -0.508 e. The van der Waals surface area contributed by atoms with Crippen LogP contribution >= 0.6 is 0 Å². The lowest BCUT2D eigenvalue weighted by Crippen LogP contribution is -2.56. The highest BCUT2D eigenvalue weighted by atomic mass is 16.4. The van der Waals surface area contributed by atoms with Crippen LogP contribution in [0.25, 0.3) is 11.4 Å². The standard InChI is InChI=1S/C29H32N6O3/c1-20-17-34(21(2)16-33(20)18-22-8-4-3-5-9-22)25-13-23(14-26(36)15-25)12-24-10-6-7-11-27(24)29-30-31-32-35(29)19-28(37)38/h3-11,13-15,20-21,36H,12,16-19H2,1-2H3,(H,37,38)/t20-,21+/m1/s1. The van der Waals surface area contributed by atoms with Crippen molar-refractivity contribution in [1.29, 1.82) is 0 Å². The smallest absolute Gasteiger partial charge is 0.325 e. The summed E-state index contributed by atoms with van der Waals surface area (Å²) in [4.78, 5) is 16.1. The van der Waals surface area contributed by atoms with Crippen LogP contribution in [0.15, 0.2) is 72.8 Å². The molecule has 1 saturated heterocycles. The van der Waals surface area contributed by atoms with Gasteiger partial charge in [0.2, 0.25) is 0 Å². The van der Waals surface area contributed by atoms with Gasteiger partial charge in [-0.15, -0.1) is 5.10 Å². The molecule has 0 spiro atoms. The van der Waals surface area contributed by atoms with E-state index >= 15 is 0 Å². The number of nitrogens with zero attached hydrogens (tertiary/aromatic N) is 6. The van der Waals surface area contributed by atoms with Gasteiger partial charge in [0.15, 0.2) is 5.82 Å². The van der Waals surface area contributed by atoms with Gasteiger partial charge < -0.3 is 15.1 Å². The van der Waals surface area contributed by atoms with E-state index in [1.54, 1.807) is 6.07 Å². The van der Waals surface area contributed by atoms with Gasteiger partial charge in [-0.05, 0) is 59.5 Å². The lowest BCUT2D eigenvalue weighted by molar-refractivity contribution is -0.137. The van der Waals surface area contributed by atoms with Gasteiger partial charge in [-0.2, -0.15) is 0 Å². The van der Waals surface area contributed by atoms with Crippen molar-refractivity contribution >= 4 is 11.7 Å². The number of rotatable bonds is 8. The first-order valence-electron chi connectivity index (χ1n) is 12.8. The predicted molar refractivity (Wildman–Crippen MR) is 145 cm³/mol. The van der Waals surface area contributed by atoms with E-state index in [0.29, 0.717) is 18.3 Å². The maximum atomic E-state index is 11.3. The van der Waals surface area contributed by atoms with Crippen LogP contribution in [0.3, 0.4) is 0 Å². The van der Waals surface area contributed by atoms with Crippen molar-refractivity contribution in [1.82, 2.24) is 25.1 Å². The molecule has 1 aliphatic rings. The molecule has 1 fully saturated rings. The number of piperazine rings is 1. The van der Waals surface area contributed by atoms with Gasteiger partial charge in [-0.3, -0.25) is 9.69 Å². The molecule has 3 aromatic carbocycles. The number of hydrogen-bond donors (Lipinski definition) is 2. The lowest BCUT2D eigenvalue weighted by atomic mass is 9.98. The fraction of sp³-hybridized carbons (Fsp3) is 0.310. The second kappa shape index (κ2) is 11.0. The molecule has 4 aromatic rings. The Morgan fingerprint density at radius 1 is 0.947 bits per heavy atom. The fourth-order valence-corrected chi connectivity index (χ4v) is 5.27. The number of aromatic hydroxyl groups is 1. The van der Waals surface area contributed by atoms with E-state index in [4.69, 9.17) is 0 Å². The Hall–Kier alpha value is -4.24. The summed E-state index contributed by atoms with van der Waals surface area (Å²) in [5.41, 5.74) is 4.97. The number of hydrogen-bond acceptors (Lipinski definition) is 7. The van der Waals surface area contributed by atoms with E-state index in [0.717, 1.165) is 42.0 Å². The molecule has 0 amide bonds. The second-order valence-corrected chi connectivity index (χ2v) is 10.0. The van der Waals surface area contributed by atoms with Crippen molar-refractivity contribution in [3.63, 3.8) is 0 Å². The molecule has 0 saturated carbocycles. The molecule has 0 aliphatic carbocycles. The van der Waals surface area contributed by atoms with Gasteiger partial charge in [0.25, 0.3) is 0 Å². The van der Waals surface area contributed by atoms with Crippen LogP contribution in [-0.2, 0) is 24.3 Å². The van der Waals surface area contributed by atoms with Crippen LogP contribution in [0.2, 0.25) is 0 Å². The van der Waals surface area contributed by atoms with Gasteiger partial charge in [0, 0.05) is 49.0 Å². The van der Waals surface area contributed by atoms with Crippen LogP contribution in [0, 0.1) is 0 Å². The Bertz CT molecular complexity index is 1410. The molecule has 1 aliphatic heterocycles. The summed E-state index contributed by atoms with van der Waals surface area (Å²) < 4.78 is 1.28. The number of aromatic nitrogens is 4. The van der Waals surface area contributed by atoms with Crippen LogP contribution in [-0.4, -0.2) is 66.5 Å². The summed E-state index contributed by atoms with van der Waals surface area (Å²) in [6.45, 7) is 6.87. The summed E-state index contributed by atoms with van der Waals surface area (Å²) in [5.74, 6) is -0.390. The van der Waals surface area contributed by atoms with Crippen LogP contribution in [0.5, 0.6) is 5.75 Å². The maximum Gasteiger partial charge on any atom is 0.325 e. The van der Waals surface area contributed by atoms with Crippen molar-refractivity contribution in [2.24, 2.45) is 0 Å². The second-order valence-electron chi connectivity index (χ2n) is 10.0. The highest BCUT2D eigenvalue weighted by Gasteiger charge is 2.29. The Morgan fingerprint density at radius 3 is 2.50 bits per heavy atom. The van der Waals surface area contributed by atoms with Crippen molar-refractivity contribution in [2.75, 3.05) is 18.0 Å². The van der Waals surface area contributed by atoms with Gasteiger partial charge in [0.05, 0.1) is 0 Å². The van der Waals surface area contributed by atoms with E-state index in [1.807, 2.05) is 36.4 Å². The third-order valence-corrected chi connectivity index (χ3v) is 7.11. The molecule has 9 heteroatoms. The van der Waals surface area contributed by atoms with E-state index in [9.17, 15) is 15.0 Å². The first kappa shape index (κ1) is 25.4. The van der Waals surface area contributed by atoms with Crippen molar-refractivity contribution in [2.45, 2.75) is 45.4 Å². The number of tetrazole rings is 1. The maximum absolute atomic E-state index is 11.3. The molecule has 196 valence electrons. The molecule has 38 heavy (non-hydrogen) atoms. The SMILES string of the molecule is C[C@@H]1CN(c2cc(O)cc(Cc3ccccc3-c3nnnn3CC(=O)O)c2)[C@@H](C)CN1Cc1ccccc1. The molecule has 2 heterocycles. The average Bonchev–Trinajstić information content (AvgIpc) is 3.34. The monoisotopic (exact) mass is 512 g/mol. The molecule has 9 nitrogen and oxygen atoms in total. The topological polar surface area (TPSA) is 108 Å². The Balaban J connectivity index is 1.37. The predicted octanol–water partition coefficient (Wildman–Crippen LogP) is 3.82. The number of benzene rings is 3. The van der Waals surface area contributed by atoms with Crippen molar-refractivity contribution < 1.29 is 15.0 Å². The summed E-state index contributed by atoms with van der Waals surface area (Å²) in [6.07, 6.45) is 0.537. The molecular formula is C29H32N6O3. The Kier molecular flexibility index (Phi) is 7.37. The summed E-state index contributed by atoms with van der Waals surface area (Å²) in [7, 11) is 0. The highest BCUT2D eigenvalue weighted by molar-refractivity contribution is 5.68. The molecule has 5 rings (SSSR count). The number of phenols is 1. The normalized spacial score (nSPS) is 18.0. The van der Waals surface area contributed by atoms with Gasteiger partial charge in [-0.1, -0.05) is 54.6 Å². The molecule has 0 bridgehead atoms. The van der Waals surface area contributed by atoms with E-state index in [-0.39, 0.29) is 18.3 Å². The Labute approximate surface area is 221 Å². The summed E-state index contributed by atoms with van der Waals surface area (Å²) in [6, 6.07) is 24.6. The largest absolute Gasteiger partial charge is 0.508 e. The minimum atomic E-state index is -1.01.